The highest BCUT2D eigenvalue weighted by molar-refractivity contribution is 7.80. The molecule has 2 aromatic rings. The molecule has 2 rings (SSSR count). The quantitative estimate of drug-likeness (QED) is 0.795. The Balaban J connectivity index is 2.40. The molecule has 1 heterocycles. The Labute approximate surface area is 114 Å². The van der Waals surface area contributed by atoms with Crippen molar-refractivity contribution in [2.75, 3.05) is 17.7 Å². The second kappa shape index (κ2) is 5.15. The summed E-state index contributed by atoms with van der Waals surface area (Å²) in [5, 5.41) is 0.114. The minimum absolute atomic E-state index is 0.114. The molecule has 0 saturated heterocycles. The van der Waals surface area contributed by atoms with Gasteiger partial charge in [0.2, 0.25) is 0 Å². The normalized spacial score (nSPS) is 10.2. The van der Waals surface area contributed by atoms with E-state index in [1.54, 1.807) is 11.9 Å². The molecule has 0 fully saturated rings. The minimum Gasteiger partial charge on any atom is -0.381 e. The van der Waals surface area contributed by atoms with E-state index in [0.29, 0.717) is 0 Å². The first-order valence-electron chi connectivity index (χ1n) is 5.38. The van der Waals surface area contributed by atoms with Crippen LogP contribution in [0.1, 0.15) is 0 Å². The number of halogens is 1. The van der Waals surface area contributed by atoms with E-state index in [9.17, 15) is 9.18 Å². The number of para-hydroxylation sites is 1. The number of nitrogens with zero attached hydrogens (tertiary/aromatic N) is 3. The van der Waals surface area contributed by atoms with Gasteiger partial charge in [0.05, 0.1) is 6.20 Å². The lowest BCUT2D eigenvalue weighted by Gasteiger charge is -2.20. The topological polar surface area (TPSA) is 64.2 Å². The summed E-state index contributed by atoms with van der Waals surface area (Å²) < 4.78 is 14.3. The van der Waals surface area contributed by atoms with Crippen LogP contribution in [0, 0.1) is 5.82 Å². The highest BCUT2D eigenvalue weighted by atomic mass is 32.1. The fraction of sp³-hybridized carbons (Fsp3) is 0.0833. The predicted octanol–water partition coefficient (Wildman–Crippen LogP) is 1.23. The van der Waals surface area contributed by atoms with Crippen LogP contribution in [0.5, 0.6) is 0 Å². The molecule has 7 heteroatoms. The molecular weight excluding hydrogens is 267 g/mol. The molecule has 1 aromatic heterocycles. The van der Waals surface area contributed by atoms with Gasteiger partial charge in [0.1, 0.15) is 0 Å². The van der Waals surface area contributed by atoms with Gasteiger partial charge in [-0.25, -0.2) is 13.8 Å². The zero-order valence-electron chi connectivity index (χ0n) is 10.1. The Morgan fingerprint density at radius 1 is 1.42 bits per heavy atom. The molecule has 0 atom stereocenters. The van der Waals surface area contributed by atoms with Crippen molar-refractivity contribution in [2.24, 2.45) is 0 Å². The molecule has 0 radical (unpaired) electrons. The smallest absolute Gasteiger partial charge is 0.356 e. The molecule has 0 unspecified atom stereocenters. The lowest BCUT2D eigenvalue weighted by molar-refractivity contribution is 0.610. The van der Waals surface area contributed by atoms with Gasteiger partial charge in [-0.3, -0.25) is 0 Å². The van der Waals surface area contributed by atoms with Gasteiger partial charge in [0.15, 0.2) is 16.7 Å². The molecule has 0 amide bonds. The van der Waals surface area contributed by atoms with Crippen molar-refractivity contribution in [3.63, 3.8) is 0 Å². The molecule has 0 saturated carbocycles. The van der Waals surface area contributed by atoms with E-state index in [0.717, 1.165) is 16.5 Å². The zero-order chi connectivity index (χ0) is 14.0. The van der Waals surface area contributed by atoms with Gasteiger partial charge >= 0.3 is 5.69 Å². The maximum Gasteiger partial charge on any atom is 0.356 e. The van der Waals surface area contributed by atoms with Crippen molar-refractivity contribution in [3.05, 3.63) is 52.8 Å². The number of aromatic nitrogens is 2. The van der Waals surface area contributed by atoms with Crippen LogP contribution in [0.2, 0.25) is 0 Å². The summed E-state index contributed by atoms with van der Waals surface area (Å²) in [4.78, 5) is 16.6. The van der Waals surface area contributed by atoms with Crippen LogP contribution in [0.25, 0.3) is 0 Å². The summed E-state index contributed by atoms with van der Waals surface area (Å²) in [6.07, 6.45) is 0.937. The van der Waals surface area contributed by atoms with Crippen molar-refractivity contribution in [2.45, 2.75) is 0 Å². The highest BCUT2D eigenvalue weighted by Gasteiger charge is 2.13. The first-order valence-corrected chi connectivity index (χ1v) is 5.79. The Bertz CT molecular complexity index is 671. The van der Waals surface area contributed by atoms with Crippen LogP contribution in [-0.2, 0) is 0 Å². The fourth-order valence-electron chi connectivity index (χ4n) is 1.51. The number of benzene rings is 1. The second-order valence-electron chi connectivity index (χ2n) is 3.80. The van der Waals surface area contributed by atoms with Gasteiger partial charge in [-0.15, -0.1) is 0 Å². The number of nitrogens with two attached hydrogens (primary N) is 1. The zero-order valence-corrected chi connectivity index (χ0v) is 10.9. The van der Waals surface area contributed by atoms with E-state index in [1.807, 2.05) is 30.3 Å². The van der Waals surface area contributed by atoms with Crippen LogP contribution < -0.4 is 16.3 Å². The number of hydrogen-bond acceptors (Lipinski definition) is 4. The Morgan fingerprint density at radius 3 is 2.68 bits per heavy atom. The number of nitrogen functional groups attached to an aromatic ring is 1. The maximum atomic E-state index is 13.4. The molecule has 2 N–H and O–H groups in total. The van der Waals surface area contributed by atoms with Crippen LogP contribution in [0.15, 0.2) is 41.3 Å². The Hall–Kier alpha value is -2.28. The van der Waals surface area contributed by atoms with Gasteiger partial charge in [-0.05, 0) is 24.4 Å². The van der Waals surface area contributed by atoms with Gasteiger partial charge in [0, 0.05) is 12.7 Å². The van der Waals surface area contributed by atoms with Crippen LogP contribution in [0.3, 0.4) is 0 Å². The van der Waals surface area contributed by atoms with E-state index in [2.05, 4.69) is 4.98 Å². The summed E-state index contributed by atoms with van der Waals surface area (Å²) in [5.41, 5.74) is 5.28. The predicted molar refractivity (Wildman–Crippen MR) is 75.7 cm³/mol. The van der Waals surface area contributed by atoms with Crippen LogP contribution in [-0.4, -0.2) is 21.7 Å². The lowest BCUT2D eigenvalue weighted by atomic mass is 10.3. The third kappa shape index (κ3) is 2.60. The van der Waals surface area contributed by atoms with Gasteiger partial charge in [-0.2, -0.15) is 4.98 Å². The van der Waals surface area contributed by atoms with E-state index < -0.39 is 17.3 Å². The van der Waals surface area contributed by atoms with Gasteiger partial charge in [-0.1, -0.05) is 18.2 Å². The van der Waals surface area contributed by atoms with E-state index in [1.165, 1.54) is 0 Å². The molecule has 0 aliphatic heterocycles. The van der Waals surface area contributed by atoms with Gasteiger partial charge < -0.3 is 10.6 Å². The maximum absolute atomic E-state index is 13.4. The molecule has 0 spiro atoms. The van der Waals surface area contributed by atoms with Crippen molar-refractivity contribution in [1.29, 1.82) is 0 Å². The first kappa shape index (κ1) is 13.2. The monoisotopic (exact) mass is 278 g/mol. The largest absolute Gasteiger partial charge is 0.381 e. The standard InChI is InChI=1S/C12H11FN4OS/c1-16(8-5-3-2-4-6-8)12(19)17-7-9(13)10(14)15-11(17)18/h2-7H,1H3,(H2,14,15,18). The summed E-state index contributed by atoms with van der Waals surface area (Å²) in [5.74, 6) is -1.23. The fourth-order valence-corrected chi connectivity index (χ4v) is 1.74. The summed E-state index contributed by atoms with van der Waals surface area (Å²) in [6, 6.07) is 9.16. The summed E-state index contributed by atoms with van der Waals surface area (Å²) >= 11 is 5.16. The molecule has 5 nitrogen and oxygen atoms in total. The molecule has 98 valence electrons. The lowest BCUT2D eigenvalue weighted by Crippen LogP contribution is -2.39. The van der Waals surface area contributed by atoms with Crippen molar-refractivity contribution in [1.82, 2.24) is 9.55 Å². The van der Waals surface area contributed by atoms with Gasteiger partial charge in [0.25, 0.3) is 0 Å². The molecular formula is C12H11FN4OS. The number of anilines is 2. The molecule has 1 aromatic carbocycles. The second-order valence-corrected chi connectivity index (χ2v) is 4.17. The third-order valence-corrected chi connectivity index (χ3v) is 3.02. The van der Waals surface area contributed by atoms with Crippen LogP contribution >= 0.6 is 12.2 Å². The molecule has 0 aliphatic carbocycles. The number of hydrogen-bond donors (Lipinski definition) is 1. The van der Waals surface area contributed by atoms with Crippen molar-refractivity contribution >= 4 is 28.8 Å². The van der Waals surface area contributed by atoms with E-state index >= 15 is 0 Å². The Kier molecular flexibility index (Phi) is 3.57. The van der Waals surface area contributed by atoms with E-state index in [4.69, 9.17) is 18.0 Å². The summed E-state index contributed by atoms with van der Waals surface area (Å²) in [6.45, 7) is 0. The molecule has 19 heavy (non-hydrogen) atoms. The SMILES string of the molecule is CN(C(=S)n1cc(F)c(N)nc1=O)c1ccccc1. The molecule has 0 bridgehead atoms. The number of rotatable bonds is 1. The average molecular weight is 278 g/mol. The van der Waals surface area contributed by atoms with Crippen molar-refractivity contribution < 1.29 is 4.39 Å². The van der Waals surface area contributed by atoms with Crippen LogP contribution in [0.4, 0.5) is 15.9 Å². The minimum atomic E-state index is -0.789. The first-order chi connectivity index (χ1) is 9.00. The summed E-state index contributed by atoms with van der Waals surface area (Å²) in [7, 11) is 1.68. The van der Waals surface area contributed by atoms with E-state index in [-0.39, 0.29) is 5.11 Å². The average Bonchev–Trinajstić information content (AvgIpc) is 2.42. The Morgan fingerprint density at radius 2 is 2.05 bits per heavy atom. The van der Waals surface area contributed by atoms with Crippen molar-refractivity contribution in [3.8, 4) is 0 Å². The highest BCUT2D eigenvalue weighted by Crippen LogP contribution is 2.12. The molecule has 0 aliphatic rings. The number of thiocarbonyl (C=S) groups is 1. The third-order valence-electron chi connectivity index (χ3n) is 2.55.